The fourth-order valence-electron chi connectivity index (χ4n) is 3.58. The highest BCUT2D eigenvalue weighted by Gasteiger charge is 2.22. The molecule has 8 heteroatoms. The molecule has 0 saturated carbocycles. The van der Waals surface area contributed by atoms with E-state index in [1.54, 1.807) is 13.3 Å². The summed E-state index contributed by atoms with van der Waals surface area (Å²) in [5, 5.41) is 3.98. The Balaban J connectivity index is 1.54. The molecule has 2 heterocycles. The van der Waals surface area contributed by atoms with E-state index in [2.05, 4.69) is 27.9 Å². The molecule has 7 nitrogen and oxygen atoms in total. The maximum absolute atomic E-state index is 12.9. The average molecular weight is 436 g/mol. The smallest absolute Gasteiger partial charge is 0.231 e. The van der Waals surface area contributed by atoms with Crippen molar-refractivity contribution in [3.05, 3.63) is 72.3 Å². The molecular weight excluding hydrogens is 410 g/mol. The SMILES string of the molecule is CCn1c(SCC(=O)NC(c2cccc(OC)c2)c2nccn2C)nc2ccccc21. The van der Waals surface area contributed by atoms with Crippen LogP contribution >= 0.6 is 11.8 Å². The Bertz CT molecular complexity index is 1200. The highest BCUT2D eigenvalue weighted by Crippen LogP contribution is 2.26. The van der Waals surface area contributed by atoms with Crippen molar-refractivity contribution in [1.82, 2.24) is 24.4 Å². The second kappa shape index (κ2) is 9.26. The molecule has 1 unspecified atom stereocenters. The zero-order valence-electron chi connectivity index (χ0n) is 17.8. The molecule has 0 radical (unpaired) electrons. The Morgan fingerprint density at radius 1 is 1.23 bits per heavy atom. The van der Waals surface area contributed by atoms with Crippen LogP contribution in [-0.4, -0.2) is 37.9 Å². The van der Waals surface area contributed by atoms with Gasteiger partial charge in [0.2, 0.25) is 5.91 Å². The van der Waals surface area contributed by atoms with E-state index < -0.39 is 0 Å². The fourth-order valence-corrected chi connectivity index (χ4v) is 4.46. The Kier molecular flexibility index (Phi) is 6.27. The first kappa shape index (κ1) is 21.0. The number of nitrogens with zero attached hydrogens (tertiary/aromatic N) is 4. The van der Waals surface area contributed by atoms with Gasteiger partial charge in [-0.1, -0.05) is 36.0 Å². The molecule has 2 aromatic heterocycles. The molecule has 0 spiro atoms. The van der Waals surface area contributed by atoms with Gasteiger partial charge in [-0.3, -0.25) is 4.79 Å². The molecule has 0 aliphatic heterocycles. The number of imidazole rings is 2. The van der Waals surface area contributed by atoms with Gasteiger partial charge < -0.3 is 19.2 Å². The molecule has 2 aromatic carbocycles. The Labute approximate surface area is 185 Å². The van der Waals surface area contributed by atoms with Crippen molar-refractivity contribution in [2.75, 3.05) is 12.9 Å². The molecular formula is C23H25N5O2S. The molecule has 0 aliphatic carbocycles. The van der Waals surface area contributed by atoms with Crippen molar-refractivity contribution in [1.29, 1.82) is 0 Å². The van der Waals surface area contributed by atoms with E-state index in [0.717, 1.165) is 39.9 Å². The van der Waals surface area contributed by atoms with Crippen LogP contribution in [-0.2, 0) is 18.4 Å². The fraction of sp³-hybridized carbons (Fsp3) is 0.261. The van der Waals surface area contributed by atoms with E-state index >= 15 is 0 Å². The molecule has 31 heavy (non-hydrogen) atoms. The first-order valence-electron chi connectivity index (χ1n) is 10.1. The van der Waals surface area contributed by atoms with Gasteiger partial charge in [0.15, 0.2) is 5.16 Å². The maximum atomic E-state index is 12.9. The topological polar surface area (TPSA) is 74.0 Å². The van der Waals surface area contributed by atoms with Crippen molar-refractivity contribution >= 4 is 28.7 Å². The number of rotatable bonds is 8. The minimum absolute atomic E-state index is 0.0875. The zero-order valence-corrected chi connectivity index (χ0v) is 18.6. The van der Waals surface area contributed by atoms with Gasteiger partial charge in [-0.25, -0.2) is 9.97 Å². The van der Waals surface area contributed by atoms with E-state index in [1.165, 1.54) is 11.8 Å². The van der Waals surface area contributed by atoms with Gasteiger partial charge in [0.05, 0.1) is 23.9 Å². The number of methoxy groups -OCH3 is 1. The Morgan fingerprint density at radius 3 is 2.81 bits per heavy atom. The number of para-hydroxylation sites is 2. The average Bonchev–Trinajstić information content (AvgIpc) is 3.38. The maximum Gasteiger partial charge on any atom is 0.231 e. The molecule has 4 rings (SSSR count). The highest BCUT2D eigenvalue weighted by atomic mass is 32.2. The number of aromatic nitrogens is 4. The number of ether oxygens (including phenoxy) is 1. The van der Waals surface area contributed by atoms with Crippen molar-refractivity contribution in [2.24, 2.45) is 7.05 Å². The van der Waals surface area contributed by atoms with Crippen LogP contribution in [0, 0.1) is 0 Å². The first-order valence-corrected chi connectivity index (χ1v) is 11.1. The van der Waals surface area contributed by atoms with Crippen molar-refractivity contribution in [2.45, 2.75) is 24.7 Å². The van der Waals surface area contributed by atoms with Gasteiger partial charge in [-0.05, 0) is 36.8 Å². The predicted molar refractivity (Wildman–Crippen MR) is 122 cm³/mol. The number of amides is 1. The van der Waals surface area contributed by atoms with Gasteiger partial charge in [-0.15, -0.1) is 0 Å². The molecule has 0 aliphatic rings. The Hall–Kier alpha value is -3.26. The second-order valence-electron chi connectivity index (χ2n) is 7.09. The molecule has 160 valence electrons. The second-order valence-corrected chi connectivity index (χ2v) is 8.03. The van der Waals surface area contributed by atoms with Crippen LogP contribution in [0.5, 0.6) is 5.75 Å². The summed E-state index contributed by atoms with van der Waals surface area (Å²) in [4.78, 5) is 22.1. The van der Waals surface area contributed by atoms with Crippen LogP contribution in [0.25, 0.3) is 11.0 Å². The summed E-state index contributed by atoms with van der Waals surface area (Å²) < 4.78 is 9.40. The van der Waals surface area contributed by atoms with Crippen LogP contribution in [0.3, 0.4) is 0 Å². The number of carbonyl (C=O) groups is 1. The number of carbonyl (C=O) groups excluding carboxylic acids is 1. The van der Waals surface area contributed by atoms with Crippen molar-refractivity contribution < 1.29 is 9.53 Å². The van der Waals surface area contributed by atoms with E-state index in [-0.39, 0.29) is 17.7 Å². The summed E-state index contributed by atoms with van der Waals surface area (Å²) in [5.41, 5.74) is 2.93. The largest absolute Gasteiger partial charge is 0.497 e. The summed E-state index contributed by atoms with van der Waals surface area (Å²) >= 11 is 1.44. The van der Waals surface area contributed by atoms with Gasteiger partial charge in [0.25, 0.3) is 0 Å². The number of aryl methyl sites for hydroxylation is 2. The molecule has 4 aromatic rings. The lowest BCUT2D eigenvalue weighted by Crippen LogP contribution is -2.32. The molecule has 0 bridgehead atoms. The van der Waals surface area contributed by atoms with Crippen LogP contribution < -0.4 is 10.1 Å². The summed E-state index contributed by atoms with van der Waals surface area (Å²) in [6, 6.07) is 15.3. The molecule has 0 fully saturated rings. The molecule has 1 N–H and O–H groups in total. The van der Waals surface area contributed by atoms with Gasteiger partial charge in [-0.2, -0.15) is 0 Å². The third-order valence-electron chi connectivity index (χ3n) is 5.12. The van der Waals surface area contributed by atoms with Gasteiger partial charge in [0, 0.05) is 26.0 Å². The first-order chi connectivity index (χ1) is 15.1. The highest BCUT2D eigenvalue weighted by molar-refractivity contribution is 7.99. The van der Waals surface area contributed by atoms with Crippen LogP contribution in [0.2, 0.25) is 0 Å². The summed E-state index contributed by atoms with van der Waals surface area (Å²) in [5.74, 6) is 1.66. The lowest BCUT2D eigenvalue weighted by molar-refractivity contribution is -0.119. The third kappa shape index (κ3) is 4.44. The number of thioether (sulfide) groups is 1. The normalized spacial score (nSPS) is 12.1. The summed E-state index contributed by atoms with van der Waals surface area (Å²) in [6.45, 7) is 2.88. The minimum atomic E-state index is -0.381. The lowest BCUT2D eigenvalue weighted by Gasteiger charge is -2.19. The minimum Gasteiger partial charge on any atom is -0.497 e. The number of fused-ring (bicyclic) bond motifs is 1. The number of hydrogen-bond acceptors (Lipinski definition) is 5. The standard InChI is InChI=1S/C23H25N5O2S/c1-4-28-19-11-6-5-10-18(19)25-23(28)31-15-20(29)26-21(22-24-12-13-27(22)2)16-8-7-9-17(14-16)30-3/h5-14,21H,4,15H2,1-3H3,(H,26,29). The predicted octanol–water partition coefficient (Wildman–Crippen LogP) is 3.80. The molecule has 1 atom stereocenters. The van der Waals surface area contributed by atoms with Crippen LogP contribution in [0.15, 0.2) is 66.1 Å². The van der Waals surface area contributed by atoms with E-state index in [4.69, 9.17) is 9.72 Å². The van der Waals surface area contributed by atoms with Crippen molar-refractivity contribution in [3.63, 3.8) is 0 Å². The van der Waals surface area contributed by atoms with Crippen molar-refractivity contribution in [3.8, 4) is 5.75 Å². The monoisotopic (exact) mass is 435 g/mol. The van der Waals surface area contributed by atoms with Crippen LogP contribution in [0.4, 0.5) is 0 Å². The Morgan fingerprint density at radius 2 is 2.06 bits per heavy atom. The van der Waals surface area contributed by atoms with E-state index in [9.17, 15) is 4.79 Å². The van der Waals surface area contributed by atoms with Gasteiger partial charge in [0.1, 0.15) is 17.6 Å². The quantitative estimate of drug-likeness (QED) is 0.426. The number of nitrogens with one attached hydrogen (secondary N) is 1. The molecule has 1 amide bonds. The number of hydrogen-bond donors (Lipinski definition) is 1. The number of benzene rings is 2. The van der Waals surface area contributed by atoms with E-state index in [0.29, 0.717) is 0 Å². The van der Waals surface area contributed by atoms with Gasteiger partial charge >= 0.3 is 0 Å². The summed E-state index contributed by atoms with van der Waals surface area (Å²) in [6.07, 6.45) is 3.60. The molecule has 0 saturated heterocycles. The summed E-state index contributed by atoms with van der Waals surface area (Å²) in [7, 11) is 3.55. The van der Waals surface area contributed by atoms with E-state index in [1.807, 2.05) is 60.3 Å². The zero-order chi connectivity index (χ0) is 21.8. The van der Waals surface area contributed by atoms with Crippen LogP contribution in [0.1, 0.15) is 24.4 Å². The lowest BCUT2D eigenvalue weighted by atomic mass is 10.1. The third-order valence-corrected chi connectivity index (χ3v) is 6.09.